The molecule has 2 rings (SSSR count). The Morgan fingerprint density at radius 3 is 2.70 bits per heavy atom. The summed E-state index contributed by atoms with van der Waals surface area (Å²) in [6, 6.07) is 4.37. The summed E-state index contributed by atoms with van der Waals surface area (Å²) in [6.07, 6.45) is 4.31. The van der Waals surface area contributed by atoms with E-state index in [0.717, 1.165) is 18.7 Å². The van der Waals surface area contributed by atoms with Gasteiger partial charge in [-0.15, -0.1) is 0 Å². The highest BCUT2D eigenvalue weighted by Crippen LogP contribution is 2.25. The van der Waals surface area contributed by atoms with Crippen molar-refractivity contribution in [2.45, 2.75) is 26.3 Å². The molecule has 1 heterocycles. The van der Waals surface area contributed by atoms with Crippen LogP contribution in [0.4, 0.5) is 4.39 Å². The fourth-order valence-electron chi connectivity index (χ4n) is 1.95. The number of rotatable bonds is 5. The van der Waals surface area contributed by atoms with Crippen molar-refractivity contribution < 1.29 is 4.39 Å². The van der Waals surface area contributed by atoms with Crippen molar-refractivity contribution in [2.24, 2.45) is 0 Å². The first-order valence-electron chi connectivity index (χ1n) is 6.58. The topological polar surface area (TPSA) is 37.8 Å². The maximum absolute atomic E-state index is 14.1. The highest BCUT2D eigenvalue weighted by atomic mass is 35.5. The highest BCUT2D eigenvalue weighted by Gasteiger charge is 2.19. The summed E-state index contributed by atoms with van der Waals surface area (Å²) in [5.41, 5.74) is 2.06. The zero-order chi connectivity index (χ0) is 14.5. The van der Waals surface area contributed by atoms with Crippen molar-refractivity contribution in [3.8, 4) is 0 Å². The van der Waals surface area contributed by atoms with E-state index >= 15 is 0 Å². The second-order valence-corrected chi connectivity index (χ2v) is 5.07. The Bertz CT molecular complexity index is 572. The Balaban J connectivity index is 2.38. The Kier molecular flexibility index (Phi) is 5.04. The van der Waals surface area contributed by atoms with E-state index in [1.807, 2.05) is 6.92 Å². The molecule has 0 aliphatic rings. The molecule has 0 saturated carbocycles. The van der Waals surface area contributed by atoms with Gasteiger partial charge in [-0.05, 0) is 32.0 Å². The van der Waals surface area contributed by atoms with Gasteiger partial charge in [0.05, 0.1) is 23.6 Å². The van der Waals surface area contributed by atoms with E-state index in [1.165, 1.54) is 6.07 Å². The molecule has 5 heteroatoms. The fourth-order valence-corrected chi connectivity index (χ4v) is 2.11. The summed E-state index contributed by atoms with van der Waals surface area (Å²) < 4.78 is 14.1. The summed E-state index contributed by atoms with van der Waals surface area (Å²) in [7, 11) is 0. The van der Waals surface area contributed by atoms with Gasteiger partial charge < -0.3 is 5.32 Å². The van der Waals surface area contributed by atoms with Crippen molar-refractivity contribution >= 4 is 11.6 Å². The highest BCUT2D eigenvalue weighted by molar-refractivity contribution is 6.30. The smallest absolute Gasteiger partial charge is 0.129 e. The molecule has 0 fully saturated rings. The molecule has 0 aliphatic carbocycles. The maximum atomic E-state index is 14.1. The first kappa shape index (κ1) is 14.9. The quantitative estimate of drug-likeness (QED) is 0.914. The average Bonchev–Trinajstić information content (AvgIpc) is 2.42. The molecule has 0 spiro atoms. The van der Waals surface area contributed by atoms with Gasteiger partial charge in [-0.3, -0.25) is 9.97 Å². The summed E-state index contributed by atoms with van der Waals surface area (Å²) >= 11 is 5.80. The Morgan fingerprint density at radius 2 is 2.10 bits per heavy atom. The van der Waals surface area contributed by atoms with E-state index < -0.39 is 0 Å². The number of hydrogen-bond donors (Lipinski definition) is 1. The lowest BCUT2D eigenvalue weighted by Gasteiger charge is -2.19. The molecular weight excluding hydrogens is 277 g/mol. The van der Waals surface area contributed by atoms with Gasteiger partial charge in [-0.25, -0.2) is 4.39 Å². The maximum Gasteiger partial charge on any atom is 0.129 e. The normalized spacial score (nSPS) is 12.4. The molecule has 1 aromatic heterocycles. The fraction of sp³-hybridized carbons (Fsp3) is 0.333. The zero-order valence-corrected chi connectivity index (χ0v) is 12.3. The van der Waals surface area contributed by atoms with Crippen LogP contribution < -0.4 is 5.32 Å². The van der Waals surface area contributed by atoms with Crippen LogP contribution in [0.3, 0.4) is 0 Å². The van der Waals surface area contributed by atoms with Crippen molar-refractivity contribution in [1.82, 2.24) is 15.3 Å². The van der Waals surface area contributed by atoms with Crippen molar-refractivity contribution in [1.29, 1.82) is 0 Å². The van der Waals surface area contributed by atoms with Crippen molar-refractivity contribution in [2.75, 3.05) is 6.54 Å². The van der Waals surface area contributed by atoms with Crippen LogP contribution in [-0.2, 0) is 0 Å². The van der Waals surface area contributed by atoms with E-state index in [4.69, 9.17) is 11.6 Å². The van der Waals surface area contributed by atoms with Crippen LogP contribution in [0.1, 0.15) is 36.3 Å². The van der Waals surface area contributed by atoms with Crippen LogP contribution in [0.15, 0.2) is 30.6 Å². The second-order valence-electron chi connectivity index (χ2n) is 4.64. The van der Waals surface area contributed by atoms with Crippen LogP contribution in [0.25, 0.3) is 0 Å². The molecule has 20 heavy (non-hydrogen) atoms. The minimum atomic E-state index is -0.339. The third kappa shape index (κ3) is 3.52. The van der Waals surface area contributed by atoms with E-state index in [9.17, 15) is 4.39 Å². The van der Waals surface area contributed by atoms with Crippen molar-refractivity contribution in [3.63, 3.8) is 0 Å². The Labute approximate surface area is 123 Å². The molecule has 0 amide bonds. The van der Waals surface area contributed by atoms with Crippen LogP contribution in [0, 0.1) is 12.7 Å². The summed E-state index contributed by atoms with van der Waals surface area (Å²) in [4.78, 5) is 8.58. The Morgan fingerprint density at radius 1 is 1.30 bits per heavy atom. The van der Waals surface area contributed by atoms with Gasteiger partial charge in [0.15, 0.2) is 0 Å². The molecule has 1 atom stereocenters. The molecule has 1 aromatic carbocycles. The molecule has 1 N–H and O–H groups in total. The summed E-state index contributed by atoms with van der Waals surface area (Å²) in [5.74, 6) is -0.339. The van der Waals surface area contributed by atoms with E-state index in [2.05, 4.69) is 22.2 Å². The van der Waals surface area contributed by atoms with Crippen LogP contribution in [0.5, 0.6) is 0 Å². The van der Waals surface area contributed by atoms with Crippen molar-refractivity contribution in [3.05, 3.63) is 58.4 Å². The van der Waals surface area contributed by atoms with Gasteiger partial charge in [0.1, 0.15) is 5.82 Å². The molecular formula is C15H17ClFN3. The van der Waals surface area contributed by atoms with E-state index in [0.29, 0.717) is 16.3 Å². The molecule has 2 aromatic rings. The second kappa shape index (κ2) is 6.77. The number of benzene rings is 1. The lowest BCUT2D eigenvalue weighted by molar-refractivity contribution is 0.538. The SMILES string of the molecule is CCCNC(c1cnc(C)cn1)c1ccc(Cl)cc1F. The minimum absolute atomic E-state index is 0.319. The number of nitrogens with one attached hydrogen (secondary N) is 1. The third-order valence-electron chi connectivity index (χ3n) is 2.97. The number of nitrogens with zero attached hydrogens (tertiary/aromatic N) is 2. The molecule has 106 valence electrons. The van der Waals surface area contributed by atoms with Gasteiger partial charge in [0, 0.05) is 16.8 Å². The lowest BCUT2D eigenvalue weighted by Crippen LogP contribution is -2.25. The number of aromatic nitrogens is 2. The predicted octanol–water partition coefficient (Wildman–Crippen LogP) is 3.67. The van der Waals surface area contributed by atoms with Gasteiger partial charge >= 0.3 is 0 Å². The summed E-state index contributed by atoms with van der Waals surface area (Å²) in [5, 5.41) is 3.68. The predicted molar refractivity (Wildman–Crippen MR) is 78.3 cm³/mol. The van der Waals surface area contributed by atoms with Crippen LogP contribution >= 0.6 is 11.6 Å². The average molecular weight is 294 g/mol. The molecule has 3 nitrogen and oxygen atoms in total. The van der Waals surface area contributed by atoms with Crippen LogP contribution in [-0.4, -0.2) is 16.5 Å². The van der Waals surface area contributed by atoms with Gasteiger partial charge in [0.25, 0.3) is 0 Å². The molecule has 0 aliphatic heterocycles. The number of halogens is 2. The third-order valence-corrected chi connectivity index (χ3v) is 3.20. The number of aryl methyl sites for hydroxylation is 1. The minimum Gasteiger partial charge on any atom is -0.305 e. The zero-order valence-electron chi connectivity index (χ0n) is 11.5. The van der Waals surface area contributed by atoms with Gasteiger partial charge in [-0.1, -0.05) is 24.6 Å². The van der Waals surface area contributed by atoms with E-state index in [-0.39, 0.29) is 11.9 Å². The Hall–Kier alpha value is -1.52. The van der Waals surface area contributed by atoms with E-state index in [1.54, 1.807) is 24.5 Å². The van der Waals surface area contributed by atoms with Crippen LogP contribution in [0.2, 0.25) is 5.02 Å². The molecule has 1 unspecified atom stereocenters. The molecule has 0 radical (unpaired) electrons. The first-order valence-corrected chi connectivity index (χ1v) is 6.96. The standard InChI is InChI=1S/C15H17ClFN3/c1-3-6-18-15(14-9-19-10(2)8-20-14)12-5-4-11(16)7-13(12)17/h4-5,7-9,15,18H,3,6H2,1-2H3. The monoisotopic (exact) mass is 293 g/mol. The molecule has 0 bridgehead atoms. The lowest BCUT2D eigenvalue weighted by atomic mass is 10.0. The first-order chi connectivity index (χ1) is 9.61. The number of hydrogen-bond acceptors (Lipinski definition) is 3. The van der Waals surface area contributed by atoms with Gasteiger partial charge in [-0.2, -0.15) is 0 Å². The largest absolute Gasteiger partial charge is 0.305 e. The molecule has 0 saturated heterocycles. The van der Waals surface area contributed by atoms with Gasteiger partial charge in [0.2, 0.25) is 0 Å². The summed E-state index contributed by atoms with van der Waals surface area (Å²) in [6.45, 7) is 4.69.